The first kappa shape index (κ1) is 19.4. The molecule has 0 N–H and O–H groups in total. The van der Waals surface area contributed by atoms with Crippen LogP contribution in [0.1, 0.15) is 11.1 Å². The Balaban J connectivity index is 1.61. The van der Waals surface area contributed by atoms with Gasteiger partial charge in [-0.25, -0.2) is 9.98 Å². The average molecular weight is 447 g/mol. The molecule has 0 spiro atoms. The molecule has 0 unspecified atom stereocenters. The first-order valence-electron chi connectivity index (χ1n) is 10.4. The van der Waals surface area contributed by atoms with Gasteiger partial charge in [0.15, 0.2) is 0 Å². The predicted octanol–water partition coefficient (Wildman–Crippen LogP) is 8.05. The van der Waals surface area contributed by atoms with Crippen LogP contribution in [0.4, 0.5) is 11.4 Å². The number of hydrogen-bond acceptors (Lipinski definition) is 4. The summed E-state index contributed by atoms with van der Waals surface area (Å²) >= 11 is 3.63. The van der Waals surface area contributed by atoms with Crippen molar-refractivity contribution in [1.82, 2.24) is 0 Å². The summed E-state index contributed by atoms with van der Waals surface area (Å²) in [6.07, 6.45) is 0. The smallest absolute Gasteiger partial charge is 0.0827 e. The molecule has 0 amide bonds. The van der Waals surface area contributed by atoms with Gasteiger partial charge in [-0.15, -0.1) is 0 Å². The highest BCUT2D eigenvalue weighted by molar-refractivity contribution is 8.24. The van der Waals surface area contributed by atoms with E-state index in [9.17, 15) is 0 Å². The number of allylic oxidation sites excluding steroid dienone is 1. The largest absolute Gasteiger partial charge is 0.248 e. The van der Waals surface area contributed by atoms with E-state index in [4.69, 9.17) is 9.98 Å². The molecule has 0 atom stereocenters. The normalized spacial score (nSPS) is 17.1. The Hall–Kier alpha value is -3.34. The summed E-state index contributed by atoms with van der Waals surface area (Å²) in [6, 6.07) is 37.4. The van der Waals surface area contributed by atoms with Gasteiger partial charge in [0.25, 0.3) is 0 Å². The lowest BCUT2D eigenvalue weighted by molar-refractivity contribution is 1.27. The molecule has 152 valence electrons. The zero-order valence-corrected chi connectivity index (χ0v) is 18.7. The molecule has 0 saturated carbocycles. The lowest BCUT2D eigenvalue weighted by Crippen LogP contribution is -2.05. The van der Waals surface area contributed by atoms with Crippen molar-refractivity contribution < 1.29 is 0 Å². The Kier molecular flexibility index (Phi) is 5.02. The van der Waals surface area contributed by atoms with Gasteiger partial charge in [0, 0.05) is 26.5 Å². The highest BCUT2D eigenvalue weighted by atomic mass is 32.2. The van der Waals surface area contributed by atoms with Gasteiger partial charge in [-0.3, -0.25) is 0 Å². The molecule has 0 saturated heterocycles. The van der Waals surface area contributed by atoms with Crippen molar-refractivity contribution in [3.8, 4) is 0 Å². The van der Waals surface area contributed by atoms with Crippen molar-refractivity contribution in [2.75, 3.05) is 0 Å². The number of para-hydroxylation sites is 2. The van der Waals surface area contributed by atoms with Gasteiger partial charge in [0.2, 0.25) is 0 Å². The van der Waals surface area contributed by atoms with Gasteiger partial charge < -0.3 is 0 Å². The lowest BCUT2D eigenvalue weighted by atomic mass is 10.1. The molecule has 32 heavy (non-hydrogen) atoms. The van der Waals surface area contributed by atoms with E-state index in [0.29, 0.717) is 0 Å². The Morgan fingerprint density at radius 3 is 1.31 bits per heavy atom. The number of fused-ring (bicyclic) bond motifs is 2. The molecular weight excluding hydrogens is 428 g/mol. The van der Waals surface area contributed by atoms with Crippen molar-refractivity contribution >= 4 is 46.3 Å². The summed E-state index contributed by atoms with van der Waals surface area (Å²) in [4.78, 5) is 12.8. The Morgan fingerprint density at radius 1 is 0.438 bits per heavy atom. The fourth-order valence-electron chi connectivity index (χ4n) is 3.91. The molecule has 0 radical (unpaired) electrons. The Morgan fingerprint density at radius 2 is 0.844 bits per heavy atom. The van der Waals surface area contributed by atoms with Crippen LogP contribution >= 0.6 is 23.5 Å². The maximum atomic E-state index is 5.13. The molecule has 4 aromatic rings. The van der Waals surface area contributed by atoms with Crippen molar-refractivity contribution in [2.45, 2.75) is 9.79 Å². The summed E-state index contributed by atoms with van der Waals surface area (Å²) in [6.45, 7) is 0. The van der Waals surface area contributed by atoms with Crippen LogP contribution in [-0.4, -0.2) is 11.4 Å². The van der Waals surface area contributed by atoms with Gasteiger partial charge in [0.1, 0.15) is 0 Å². The highest BCUT2D eigenvalue weighted by Gasteiger charge is 2.34. The molecule has 0 bridgehead atoms. The van der Waals surface area contributed by atoms with E-state index in [1.54, 1.807) is 0 Å². The predicted molar refractivity (Wildman–Crippen MR) is 137 cm³/mol. The lowest BCUT2D eigenvalue weighted by Gasteiger charge is -2.07. The van der Waals surface area contributed by atoms with Gasteiger partial charge in [-0.1, -0.05) is 96.3 Å². The molecule has 0 aromatic heterocycles. The molecule has 2 nitrogen and oxygen atoms in total. The molecule has 2 aliphatic rings. The van der Waals surface area contributed by atoms with Crippen LogP contribution in [-0.2, 0) is 0 Å². The van der Waals surface area contributed by atoms with Crippen LogP contribution in [0.2, 0.25) is 0 Å². The maximum absolute atomic E-state index is 5.13. The van der Waals surface area contributed by atoms with Crippen LogP contribution in [0.5, 0.6) is 0 Å². The number of rotatable bonds is 2. The average Bonchev–Trinajstić information content (AvgIpc) is 3.40. The number of hydrogen-bond donors (Lipinski definition) is 0. The number of benzene rings is 4. The van der Waals surface area contributed by atoms with Crippen LogP contribution in [0.15, 0.2) is 139 Å². The third kappa shape index (κ3) is 3.52. The van der Waals surface area contributed by atoms with E-state index in [-0.39, 0.29) is 0 Å². The van der Waals surface area contributed by atoms with Gasteiger partial charge >= 0.3 is 0 Å². The first-order valence-corrected chi connectivity index (χ1v) is 12.1. The number of nitrogens with zero attached hydrogens (tertiary/aromatic N) is 2. The van der Waals surface area contributed by atoms with E-state index < -0.39 is 0 Å². The number of aliphatic imine (C=N–C) groups is 2. The number of thioether (sulfide) groups is 2. The standard InChI is InChI=1S/C28H18N2S2/c1-3-11-19(12-4-1)29-26-21-15-7-8-16-22(21)27(30-20-13-5-2-6-14-20)25(26)28-31-23-17-9-10-18-24(23)32-28/h1-18H. The van der Waals surface area contributed by atoms with Crippen LogP contribution < -0.4 is 0 Å². The third-order valence-electron chi connectivity index (χ3n) is 5.36. The second kappa shape index (κ2) is 8.30. The zero-order valence-electron chi connectivity index (χ0n) is 17.1. The quantitative estimate of drug-likeness (QED) is 0.311. The molecule has 0 fully saturated rings. The molecule has 1 aliphatic carbocycles. The topological polar surface area (TPSA) is 24.7 Å². The molecule has 4 aromatic carbocycles. The van der Waals surface area contributed by atoms with E-state index in [1.165, 1.54) is 14.0 Å². The minimum Gasteiger partial charge on any atom is -0.248 e. The maximum Gasteiger partial charge on any atom is 0.0827 e. The first-order chi connectivity index (χ1) is 15.9. The summed E-state index contributed by atoms with van der Waals surface area (Å²) in [5, 5.41) is 0. The summed E-state index contributed by atoms with van der Waals surface area (Å²) in [5.74, 6) is 0. The van der Waals surface area contributed by atoms with Crippen LogP contribution in [0, 0.1) is 0 Å². The minimum absolute atomic E-state index is 0.946. The Labute approximate surface area is 195 Å². The van der Waals surface area contributed by atoms with Gasteiger partial charge in [-0.05, 0) is 36.4 Å². The minimum atomic E-state index is 0.946. The third-order valence-corrected chi connectivity index (χ3v) is 7.92. The van der Waals surface area contributed by atoms with Crippen LogP contribution in [0.3, 0.4) is 0 Å². The monoisotopic (exact) mass is 446 g/mol. The zero-order chi connectivity index (χ0) is 21.3. The van der Waals surface area contributed by atoms with E-state index >= 15 is 0 Å². The summed E-state index contributed by atoms with van der Waals surface area (Å²) in [5.41, 5.74) is 7.25. The molecule has 1 heterocycles. The fourth-order valence-corrected chi connectivity index (χ4v) is 6.48. The van der Waals surface area contributed by atoms with Crippen LogP contribution in [0.25, 0.3) is 0 Å². The van der Waals surface area contributed by atoms with Crippen molar-refractivity contribution in [2.24, 2.45) is 9.98 Å². The second-order valence-corrected chi connectivity index (χ2v) is 9.81. The fraction of sp³-hybridized carbons (Fsp3) is 0. The highest BCUT2D eigenvalue weighted by Crippen LogP contribution is 2.54. The SMILES string of the molecule is c1ccc(N=C2C(=C3Sc4ccccc4S3)C(=Nc3ccccc3)c3ccccc32)cc1. The Bertz CT molecular complexity index is 1300. The van der Waals surface area contributed by atoms with E-state index in [2.05, 4.69) is 48.5 Å². The van der Waals surface area contributed by atoms with E-state index in [1.807, 2.05) is 84.2 Å². The van der Waals surface area contributed by atoms with E-state index in [0.717, 1.165) is 39.5 Å². The molecular formula is C28H18N2S2. The van der Waals surface area contributed by atoms with Gasteiger partial charge in [0.05, 0.1) is 27.0 Å². The summed E-state index contributed by atoms with van der Waals surface area (Å²) < 4.78 is 1.23. The second-order valence-electron chi connectivity index (χ2n) is 7.45. The summed E-state index contributed by atoms with van der Waals surface area (Å²) in [7, 11) is 0. The van der Waals surface area contributed by atoms with Crippen molar-refractivity contribution in [3.05, 3.63) is 130 Å². The molecule has 6 rings (SSSR count). The van der Waals surface area contributed by atoms with Gasteiger partial charge in [-0.2, -0.15) is 0 Å². The van der Waals surface area contributed by atoms with Crippen molar-refractivity contribution in [1.29, 1.82) is 0 Å². The molecule has 1 aliphatic heterocycles. The van der Waals surface area contributed by atoms with Crippen molar-refractivity contribution in [3.63, 3.8) is 0 Å². The molecule has 4 heteroatoms.